The first kappa shape index (κ1) is 23.3. The van der Waals surface area contributed by atoms with Crippen molar-refractivity contribution in [2.45, 2.75) is 13.0 Å². The molecule has 1 atom stereocenters. The van der Waals surface area contributed by atoms with Crippen LogP contribution in [0.2, 0.25) is 0 Å². The Labute approximate surface area is 178 Å². The lowest BCUT2D eigenvalue weighted by molar-refractivity contribution is -0.384. The minimum atomic E-state index is -1.24. The van der Waals surface area contributed by atoms with Gasteiger partial charge in [-0.1, -0.05) is 0 Å². The number of hydrogen-bond donors (Lipinski definition) is 1. The van der Waals surface area contributed by atoms with Crippen LogP contribution in [0.5, 0.6) is 23.0 Å². The van der Waals surface area contributed by atoms with Crippen molar-refractivity contribution in [2.75, 3.05) is 33.8 Å². The normalized spacial score (nSPS) is 11.1. The van der Waals surface area contributed by atoms with E-state index in [1.165, 1.54) is 59.6 Å². The molecule has 2 aromatic carbocycles. The lowest BCUT2D eigenvalue weighted by Crippen LogP contribution is -2.30. The Balaban J connectivity index is 2.21. The van der Waals surface area contributed by atoms with E-state index in [0.717, 1.165) is 6.07 Å². The van der Waals surface area contributed by atoms with Gasteiger partial charge in [-0.3, -0.25) is 14.9 Å². The first-order valence-electron chi connectivity index (χ1n) is 8.90. The second-order valence-corrected chi connectivity index (χ2v) is 6.06. The molecule has 1 N–H and O–H groups in total. The van der Waals surface area contributed by atoms with E-state index >= 15 is 0 Å². The average molecular weight is 434 g/mol. The zero-order valence-corrected chi connectivity index (χ0v) is 17.6. The SMILES string of the molecule is COc1ccc([N+](=O)[O-])cc1NC(=O)[C@H](C)OC(=O)c1ccc(OC)c(OC)c1OC. The van der Waals surface area contributed by atoms with Crippen LogP contribution in [-0.2, 0) is 9.53 Å². The molecule has 2 rings (SSSR count). The van der Waals surface area contributed by atoms with Crippen molar-refractivity contribution in [3.63, 3.8) is 0 Å². The van der Waals surface area contributed by atoms with Crippen LogP contribution in [0.1, 0.15) is 17.3 Å². The number of nitrogens with one attached hydrogen (secondary N) is 1. The van der Waals surface area contributed by atoms with Crippen molar-refractivity contribution >= 4 is 23.3 Å². The van der Waals surface area contributed by atoms with Gasteiger partial charge < -0.3 is 29.0 Å². The predicted octanol–water partition coefficient (Wildman–Crippen LogP) is 2.81. The van der Waals surface area contributed by atoms with E-state index in [1.54, 1.807) is 0 Å². The van der Waals surface area contributed by atoms with E-state index in [9.17, 15) is 19.7 Å². The average Bonchev–Trinajstić information content (AvgIpc) is 2.77. The Morgan fingerprint density at radius 1 is 0.935 bits per heavy atom. The second-order valence-electron chi connectivity index (χ2n) is 6.06. The van der Waals surface area contributed by atoms with E-state index in [-0.39, 0.29) is 34.2 Å². The molecule has 1 amide bonds. The summed E-state index contributed by atoms with van der Waals surface area (Å²) < 4.78 is 26.0. The van der Waals surface area contributed by atoms with Crippen LogP contribution in [0.15, 0.2) is 30.3 Å². The highest BCUT2D eigenvalue weighted by Crippen LogP contribution is 2.40. The summed E-state index contributed by atoms with van der Waals surface area (Å²) in [6.07, 6.45) is -1.24. The highest BCUT2D eigenvalue weighted by atomic mass is 16.6. The first-order valence-corrected chi connectivity index (χ1v) is 8.90. The quantitative estimate of drug-likeness (QED) is 0.359. The molecule has 0 radical (unpaired) electrons. The number of non-ortho nitro benzene ring substituents is 1. The lowest BCUT2D eigenvalue weighted by atomic mass is 10.1. The van der Waals surface area contributed by atoms with E-state index in [2.05, 4.69) is 5.32 Å². The maximum absolute atomic E-state index is 12.6. The zero-order valence-electron chi connectivity index (χ0n) is 17.6. The van der Waals surface area contributed by atoms with Crippen LogP contribution >= 0.6 is 0 Å². The van der Waals surface area contributed by atoms with Gasteiger partial charge in [-0.25, -0.2) is 4.79 Å². The molecule has 0 saturated heterocycles. The molecule has 31 heavy (non-hydrogen) atoms. The fourth-order valence-corrected chi connectivity index (χ4v) is 2.68. The van der Waals surface area contributed by atoms with Crippen LogP contribution in [0.25, 0.3) is 0 Å². The number of amides is 1. The van der Waals surface area contributed by atoms with Crippen molar-refractivity contribution in [2.24, 2.45) is 0 Å². The molecule has 166 valence electrons. The third kappa shape index (κ3) is 5.13. The Bertz CT molecular complexity index is 991. The molecule has 0 aliphatic heterocycles. The molecule has 0 fully saturated rings. The van der Waals surface area contributed by atoms with E-state index < -0.39 is 22.9 Å². The van der Waals surface area contributed by atoms with Crippen LogP contribution in [0.4, 0.5) is 11.4 Å². The standard InChI is InChI=1S/C20H22N2O9/c1-11(19(23)21-14-10-12(22(25)26)6-8-15(14)27-2)31-20(24)13-7-9-16(28-3)18(30-5)17(13)29-4/h6-11H,1-5H3,(H,21,23)/t11-/m0/s1. The topological polar surface area (TPSA) is 135 Å². The summed E-state index contributed by atoms with van der Waals surface area (Å²) in [5.41, 5.74) is -0.156. The van der Waals surface area contributed by atoms with Crippen molar-refractivity contribution in [1.82, 2.24) is 0 Å². The Morgan fingerprint density at radius 3 is 2.10 bits per heavy atom. The molecule has 11 nitrogen and oxygen atoms in total. The summed E-state index contributed by atoms with van der Waals surface area (Å²) in [6.45, 7) is 1.35. The third-order valence-electron chi connectivity index (χ3n) is 4.23. The van der Waals surface area contributed by atoms with Gasteiger partial charge in [0.2, 0.25) is 5.75 Å². The number of methoxy groups -OCH3 is 4. The van der Waals surface area contributed by atoms with Crippen LogP contribution in [-0.4, -0.2) is 51.3 Å². The smallest absolute Gasteiger partial charge is 0.342 e. The van der Waals surface area contributed by atoms with Crippen LogP contribution < -0.4 is 24.3 Å². The molecule has 0 heterocycles. The molecule has 2 aromatic rings. The van der Waals surface area contributed by atoms with Gasteiger partial charge >= 0.3 is 5.97 Å². The number of esters is 1. The maximum Gasteiger partial charge on any atom is 0.342 e. The highest BCUT2D eigenvalue weighted by Gasteiger charge is 2.26. The summed E-state index contributed by atoms with van der Waals surface area (Å²) in [5, 5.41) is 13.4. The monoisotopic (exact) mass is 434 g/mol. The van der Waals surface area contributed by atoms with Gasteiger partial charge in [-0.05, 0) is 25.1 Å². The Hall–Kier alpha value is -4.02. The molecule has 0 bridgehead atoms. The van der Waals surface area contributed by atoms with Gasteiger partial charge in [0.1, 0.15) is 11.3 Å². The molecule has 0 aliphatic carbocycles. The summed E-state index contributed by atoms with van der Waals surface area (Å²) in [5.74, 6) is -0.728. The fourth-order valence-electron chi connectivity index (χ4n) is 2.68. The van der Waals surface area contributed by atoms with Gasteiger partial charge in [-0.15, -0.1) is 0 Å². The summed E-state index contributed by atoms with van der Waals surface area (Å²) in [7, 11) is 5.52. The second kappa shape index (κ2) is 10.1. The number of rotatable bonds is 9. The van der Waals surface area contributed by atoms with E-state index in [4.69, 9.17) is 23.7 Å². The first-order chi connectivity index (χ1) is 14.8. The number of carbonyl (C=O) groups is 2. The number of carbonyl (C=O) groups excluding carboxylic acids is 2. The summed E-state index contributed by atoms with van der Waals surface area (Å²) in [4.78, 5) is 35.5. The molecule has 11 heteroatoms. The molecule has 0 aromatic heterocycles. The fraction of sp³-hybridized carbons (Fsp3) is 0.300. The number of nitro groups is 1. The van der Waals surface area contributed by atoms with E-state index in [1.807, 2.05) is 0 Å². The summed E-state index contributed by atoms with van der Waals surface area (Å²) >= 11 is 0. The molecule has 0 unspecified atom stereocenters. The number of nitrogens with zero attached hydrogens (tertiary/aromatic N) is 1. The largest absolute Gasteiger partial charge is 0.495 e. The number of hydrogen-bond acceptors (Lipinski definition) is 9. The molecule has 0 aliphatic rings. The molecule has 0 saturated carbocycles. The van der Waals surface area contributed by atoms with Gasteiger partial charge in [0.05, 0.1) is 39.0 Å². The third-order valence-corrected chi connectivity index (χ3v) is 4.23. The molecular weight excluding hydrogens is 412 g/mol. The number of benzene rings is 2. The minimum absolute atomic E-state index is 0.0210. The van der Waals surface area contributed by atoms with Crippen molar-refractivity contribution in [3.8, 4) is 23.0 Å². The zero-order chi connectivity index (χ0) is 23.1. The number of ether oxygens (including phenoxy) is 5. The Kier molecular flexibility index (Phi) is 7.61. The van der Waals surface area contributed by atoms with Crippen LogP contribution in [0, 0.1) is 10.1 Å². The Morgan fingerprint density at radius 2 is 1.55 bits per heavy atom. The van der Waals surface area contributed by atoms with Gasteiger partial charge in [0.25, 0.3) is 11.6 Å². The van der Waals surface area contributed by atoms with Crippen molar-refractivity contribution in [1.29, 1.82) is 0 Å². The lowest BCUT2D eigenvalue weighted by Gasteiger charge is -2.18. The maximum atomic E-state index is 12.6. The number of anilines is 1. The number of nitro benzene ring substituents is 1. The molecular formula is C20H22N2O9. The summed E-state index contributed by atoms with van der Waals surface area (Å²) in [6, 6.07) is 6.64. The van der Waals surface area contributed by atoms with E-state index in [0.29, 0.717) is 5.75 Å². The van der Waals surface area contributed by atoms with Gasteiger partial charge in [0.15, 0.2) is 17.6 Å². The molecule has 0 spiro atoms. The highest BCUT2D eigenvalue weighted by molar-refractivity contribution is 5.99. The van der Waals surface area contributed by atoms with Crippen molar-refractivity contribution < 1.29 is 38.2 Å². The van der Waals surface area contributed by atoms with Gasteiger partial charge in [-0.2, -0.15) is 0 Å². The van der Waals surface area contributed by atoms with Crippen LogP contribution in [0.3, 0.4) is 0 Å². The van der Waals surface area contributed by atoms with Gasteiger partial charge in [0, 0.05) is 12.1 Å². The predicted molar refractivity (Wildman–Crippen MR) is 109 cm³/mol. The van der Waals surface area contributed by atoms with Crippen molar-refractivity contribution in [3.05, 3.63) is 46.0 Å². The minimum Gasteiger partial charge on any atom is -0.495 e.